The summed E-state index contributed by atoms with van der Waals surface area (Å²) in [5.74, 6) is -0.231. The van der Waals surface area contributed by atoms with Crippen LogP contribution in [-0.4, -0.2) is 16.5 Å². The Morgan fingerprint density at radius 3 is 2.43 bits per heavy atom. The molecule has 3 nitrogen and oxygen atoms in total. The number of nitrogens with zero attached hydrogens (tertiary/aromatic N) is 2. The van der Waals surface area contributed by atoms with Gasteiger partial charge in [0.15, 0.2) is 5.16 Å². The molecule has 0 radical (unpaired) electrons. The molecule has 0 saturated heterocycles. The standard InChI is InChI=1S/C16H20FN3S/c1-5-18-12(4)13-6-7-15(14(17)9-13)21-16-19-10(2)8-11(3)20-16/h6-9,12,18H,5H2,1-4H3. The van der Waals surface area contributed by atoms with Gasteiger partial charge in [0.2, 0.25) is 0 Å². The van der Waals surface area contributed by atoms with Crippen molar-refractivity contribution < 1.29 is 4.39 Å². The third kappa shape index (κ3) is 4.25. The van der Waals surface area contributed by atoms with Crippen LogP contribution in [0.1, 0.15) is 36.8 Å². The predicted molar refractivity (Wildman–Crippen MR) is 84.1 cm³/mol. The minimum atomic E-state index is -0.231. The number of aromatic nitrogens is 2. The van der Waals surface area contributed by atoms with Crippen molar-refractivity contribution in [3.63, 3.8) is 0 Å². The van der Waals surface area contributed by atoms with Crippen LogP contribution in [0.4, 0.5) is 4.39 Å². The van der Waals surface area contributed by atoms with Gasteiger partial charge in [-0.25, -0.2) is 14.4 Å². The van der Waals surface area contributed by atoms with Gasteiger partial charge in [-0.3, -0.25) is 0 Å². The number of hydrogen-bond acceptors (Lipinski definition) is 4. The molecule has 0 amide bonds. The SMILES string of the molecule is CCNC(C)c1ccc(Sc2nc(C)cc(C)n2)c(F)c1. The van der Waals surface area contributed by atoms with E-state index in [1.54, 1.807) is 12.1 Å². The van der Waals surface area contributed by atoms with Crippen LogP contribution < -0.4 is 5.32 Å². The van der Waals surface area contributed by atoms with E-state index >= 15 is 0 Å². The van der Waals surface area contributed by atoms with Gasteiger partial charge in [0.05, 0.1) is 4.90 Å². The normalized spacial score (nSPS) is 12.4. The maximum absolute atomic E-state index is 14.2. The second-order valence-electron chi connectivity index (χ2n) is 5.00. The van der Waals surface area contributed by atoms with Gasteiger partial charge in [0, 0.05) is 17.4 Å². The summed E-state index contributed by atoms with van der Waals surface area (Å²) < 4.78 is 14.2. The molecule has 1 heterocycles. The lowest BCUT2D eigenvalue weighted by Crippen LogP contribution is -2.17. The van der Waals surface area contributed by atoms with Gasteiger partial charge in [-0.1, -0.05) is 13.0 Å². The Bertz CT molecular complexity index is 611. The van der Waals surface area contributed by atoms with Crippen LogP contribution in [0, 0.1) is 19.7 Å². The van der Waals surface area contributed by atoms with Crippen LogP contribution >= 0.6 is 11.8 Å². The minimum Gasteiger partial charge on any atom is -0.310 e. The molecule has 1 aromatic carbocycles. The van der Waals surface area contributed by atoms with Gasteiger partial charge in [-0.15, -0.1) is 0 Å². The molecule has 0 aliphatic heterocycles. The average molecular weight is 305 g/mol. The Morgan fingerprint density at radius 2 is 1.86 bits per heavy atom. The van der Waals surface area contributed by atoms with Gasteiger partial charge in [0.1, 0.15) is 5.82 Å². The third-order valence-corrected chi connectivity index (χ3v) is 4.05. The number of rotatable bonds is 5. The lowest BCUT2D eigenvalue weighted by molar-refractivity contribution is 0.572. The summed E-state index contributed by atoms with van der Waals surface area (Å²) in [6.45, 7) is 8.74. The van der Waals surface area contributed by atoms with Crippen LogP contribution in [0.5, 0.6) is 0 Å². The summed E-state index contributed by atoms with van der Waals surface area (Å²) in [5.41, 5.74) is 2.73. The molecule has 1 N–H and O–H groups in total. The molecule has 1 atom stereocenters. The van der Waals surface area contributed by atoms with Crippen molar-refractivity contribution >= 4 is 11.8 Å². The fourth-order valence-corrected chi connectivity index (χ4v) is 3.00. The van der Waals surface area contributed by atoms with Crippen LogP contribution in [0.3, 0.4) is 0 Å². The molecule has 0 fully saturated rings. The molecule has 0 aliphatic rings. The first-order chi connectivity index (χ1) is 9.99. The summed E-state index contributed by atoms with van der Waals surface area (Å²) in [5, 5.41) is 3.86. The highest BCUT2D eigenvalue weighted by molar-refractivity contribution is 7.99. The van der Waals surface area contributed by atoms with Crippen molar-refractivity contribution in [2.24, 2.45) is 0 Å². The molecule has 2 rings (SSSR count). The highest BCUT2D eigenvalue weighted by atomic mass is 32.2. The van der Waals surface area contributed by atoms with E-state index in [2.05, 4.69) is 15.3 Å². The zero-order valence-corrected chi connectivity index (χ0v) is 13.6. The smallest absolute Gasteiger partial charge is 0.192 e. The van der Waals surface area contributed by atoms with E-state index in [1.165, 1.54) is 11.8 Å². The quantitative estimate of drug-likeness (QED) is 0.846. The molecule has 0 aliphatic carbocycles. The molecule has 0 saturated carbocycles. The second kappa shape index (κ2) is 7.00. The minimum absolute atomic E-state index is 0.140. The first kappa shape index (κ1) is 15.9. The molecule has 0 spiro atoms. The largest absolute Gasteiger partial charge is 0.310 e. The summed E-state index contributed by atoms with van der Waals surface area (Å²) in [6, 6.07) is 7.37. The zero-order chi connectivity index (χ0) is 15.4. The van der Waals surface area contributed by atoms with Gasteiger partial charge in [-0.05, 0) is 62.8 Å². The molecule has 112 valence electrons. The van der Waals surface area contributed by atoms with Crippen molar-refractivity contribution in [1.29, 1.82) is 0 Å². The van der Waals surface area contributed by atoms with Crippen LogP contribution in [0.15, 0.2) is 34.3 Å². The maximum Gasteiger partial charge on any atom is 0.192 e. The van der Waals surface area contributed by atoms with E-state index in [-0.39, 0.29) is 11.9 Å². The zero-order valence-electron chi connectivity index (χ0n) is 12.8. The topological polar surface area (TPSA) is 37.8 Å². The molecule has 21 heavy (non-hydrogen) atoms. The Morgan fingerprint density at radius 1 is 1.19 bits per heavy atom. The predicted octanol–water partition coefficient (Wildman–Crippen LogP) is 4.05. The highest BCUT2D eigenvalue weighted by Gasteiger charge is 2.11. The summed E-state index contributed by atoms with van der Waals surface area (Å²) >= 11 is 1.26. The Hall–Kier alpha value is -1.46. The van der Waals surface area contributed by atoms with E-state index in [0.29, 0.717) is 10.1 Å². The van der Waals surface area contributed by atoms with E-state index in [9.17, 15) is 4.39 Å². The number of aryl methyl sites for hydroxylation is 2. The van der Waals surface area contributed by atoms with Crippen molar-refractivity contribution in [2.75, 3.05) is 6.54 Å². The Balaban J connectivity index is 2.21. The maximum atomic E-state index is 14.2. The lowest BCUT2D eigenvalue weighted by Gasteiger charge is -2.13. The highest BCUT2D eigenvalue weighted by Crippen LogP contribution is 2.29. The van der Waals surface area contributed by atoms with Crippen molar-refractivity contribution in [3.8, 4) is 0 Å². The first-order valence-electron chi connectivity index (χ1n) is 7.02. The van der Waals surface area contributed by atoms with Crippen LogP contribution in [0.25, 0.3) is 0 Å². The lowest BCUT2D eigenvalue weighted by atomic mass is 10.1. The van der Waals surface area contributed by atoms with Crippen molar-refractivity contribution in [3.05, 3.63) is 47.0 Å². The Kier molecular flexibility index (Phi) is 5.31. The summed E-state index contributed by atoms with van der Waals surface area (Å²) in [4.78, 5) is 9.21. The molecule has 5 heteroatoms. The number of halogens is 1. The monoisotopic (exact) mass is 305 g/mol. The molecule has 0 bridgehead atoms. The van der Waals surface area contributed by atoms with Gasteiger partial charge in [0.25, 0.3) is 0 Å². The van der Waals surface area contributed by atoms with Gasteiger partial charge < -0.3 is 5.32 Å². The molecular weight excluding hydrogens is 285 g/mol. The molecule has 2 aromatic rings. The van der Waals surface area contributed by atoms with E-state index in [1.807, 2.05) is 39.8 Å². The summed E-state index contributed by atoms with van der Waals surface area (Å²) in [6.07, 6.45) is 0. The van der Waals surface area contributed by atoms with Crippen molar-refractivity contribution in [2.45, 2.75) is 43.8 Å². The number of benzene rings is 1. The van der Waals surface area contributed by atoms with Crippen LogP contribution in [0.2, 0.25) is 0 Å². The Labute approximate surface area is 129 Å². The van der Waals surface area contributed by atoms with E-state index < -0.39 is 0 Å². The molecule has 1 unspecified atom stereocenters. The van der Waals surface area contributed by atoms with Gasteiger partial charge >= 0.3 is 0 Å². The second-order valence-corrected chi connectivity index (χ2v) is 6.01. The number of nitrogens with one attached hydrogen (secondary N) is 1. The van der Waals surface area contributed by atoms with Gasteiger partial charge in [-0.2, -0.15) is 0 Å². The molecular formula is C16H20FN3S. The molecule has 1 aromatic heterocycles. The number of hydrogen-bond donors (Lipinski definition) is 1. The van der Waals surface area contributed by atoms with Crippen molar-refractivity contribution in [1.82, 2.24) is 15.3 Å². The van der Waals surface area contributed by atoms with E-state index in [0.717, 1.165) is 23.5 Å². The fourth-order valence-electron chi connectivity index (χ4n) is 2.13. The third-order valence-electron chi connectivity index (χ3n) is 3.13. The first-order valence-corrected chi connectivity index (χ1v) is 7.84. The van der Waals surface area contributed by atoms with E-state index in [4.69, 9.17) is 0 Å². The fraction of sp³-hybridized carbons (Fsp3) is 0.375. The average Bonchev–Trinajstić information content (AvgIpc) is 2.40. The summed E-state index contributed by atoms with van der Waals surface area (Å²) in [7, 11) is 0. The van der Waals surface area contributed by atoms with Crippen LogP contribution in [-0.2, 0) is 0 Å².